The number of anilines is 1. The van der Waals surface area contributed by atoms with Gasteiger partial charge in [0.2, 0.25) is 5.91 Å². The summed E-state index contributed by atoms with van der Waals surface area (Å²) in [7, 11) is 0. The average molecular weight is 324 g/mol. The molecule has 1 N–H and O–H groups in total. The molecule has 1 aliphatic carbocycles. The Balaban J connectivity index is 2.12. The van der Waals surface area contributed by atoms with E-state index in [1.54, 1.807) is 0 Å². The third-order valence-electron chi connectivity index (χ3n) is 4.24. The van der Waals surface area contributed by atoms with Crippen molar-refractivity contribution in [3.05, 3.63) is 29.8 Å². The van der Waals surface area contributed by atoms with Crippen molar-refractivity contribution in [3.8, 4) is 0 Å². The van der Waals surface area contributed by atoms with Crippen LogP contribution in [-0.2, 0) is 10.1 Å². The monoisotopic (exact) mass is 323 g/mol. The zero-order valence-corrected chi connectivity index (χ0v) is 13.3. The standard InChI is InChI=1S/C16H22BrNO/c1-16(2)10-6-5-8-13(16)15(19)18-14-9-4-3-7-12(14)11-17/h3-4,7,9,13H,5-6,8,10-11H2,1-2H3,(H,18,19). The number of para-hydroxylation sites is 1. The molecule has 0 aliphatic heterocycles. The Hall–Kier alpha value is -0.830. The zero-order chi connectivity index (χ0) is 13.9. The number of amides is 1. The Morgan fingerprint density at radius 1 is 1.37 bits per heavy atom. The summed E-state index contributed by atoms with van der Waals surface area (Å²) in [6.07, 6.45) is 4.57. The Morgan fingerprint density at radius 3 is 2.79 bits per heavy atom. The maximum atomic E-state index is 12.5. The van der Waals surface area contributed by atoms with Gasteiger partial charge in [0.1, 0.15) is 0 Å². The molecule has 1 atom stereocenters. The topological polar surface area (TPSA) is 29.1 Å². The van der Waals surface area contributed by atoms with Gasteiger partial charge in [-0.3, -0.25) is 4.79 Å². The lowest BCUT2D eigenvalue weighted by atomic mass is 9.68. The van der Waals surface area contributed by atoms with E-state index in [9.17, 15) is 4.79 Å². The second kappa shape index (κ2) is 6.08. The quantitative estimate of drug-likeness (QED) is 0.800. The van der Waals surface area contributed by atoms with Crippen molar-refractivity contribution >= 4 is 27.5 Å². The minimum absolute atomic E-state index is 0.117. The number of alkyl halides is 1. The van der Waals surface area contributed by atoms with E-state index >= 15 is 0 Å². The maximum absolute atomic E-state index is 12.5. The van der Waals surface area contributed by atoms with Gasteiger partial charge in [0.15, 0.2) is 0 Å². The molecule has 1 saturated carbocycles. The largest absolute Gasteiger partial charge is 0.326 e. The zero-order valence-electron chi connectivity index (χ0n) is 11.7. The number of benzene rings is 1. The molecule has 0 radical (unpaired) electrons. The number of carbonyl (C=O) groups is 1. The average Bonchev–Trinajstić information content (AvgIpc) is 2.38. The van der Waals surface area contributed by atoms with E-state index < -0.39 is 0 Å². The van der Waals surface area contributed by atoms with Crippen LogP contribution in [0.1, 0.15) is 45.1 Å². The summed E-state index contributed by atoms with van der Waals surface area (Å²) in [6.45, 7) is 4.43. The first-order chi connectivity index (χ1) is 9.04. The number of hydrogen-bond acceptors (Lipinski definition) is 1. The smallest absolute Gasteiger partial charge is 0.228 e. The van der Waals surface area contributed by atoms with Gasteiger partial charge in [0.25, 0.3) is 0 Å². The van der Waals surface area contributed by atoms with Gasteiger partial charge in [-0.05, 0) is 29.9 Å². The SMILES string of the molecule is CC1(C)CCCCC1C(=O)Nc1ccccc1CBr. The molecule has 1 aliphatic rings. The second-order valence-electron chi connectivity index (χ2n) is 6.07. The Bertz CT molecular complexity index is 456. The highest BCUT2D eigenvalue weighted by Gasteiger charge is 2.37. The fraction of sp³-hybridized carbons (Fsp3) is 0.562. The highest BCUT2D eigenvalue weighted by Crippen LogP contribution is 2.41. The van der Waals surface area contributed by atoms with Crippen LogP contribution in [0.2, 0.25) is 0 Å². The van der Waals surface area contributed by atoms with E-state index in [1.165, 1.54) is 12.8 Å². The molecule has 0 aromatic heterocycles. The molecule has 0 saturated heterocycles. The summed E-state index contributed by atoms with van der Waals surface area (Å²) < 4.78 is 0. The molecule has 0 spiro atoms. The van der Waals surface area contributed by atoms with Crippen LogP contribution in [0.3, 0.4) is 0 Å². The van der Waals surface area contributed by atoms with Gasteiger partial charge in [-0.15, -0.1) is 0 Å². The van der Waals surface area contributed by atoms with Gasteiger partial charge in [0, 0.05) is 16.9 Å². The Morgan fingerprint density at radius 2 is 2.11 bits per heavy atom. The van der Waals surface area contributed by atoms with Crippen molar-refractivity contribution in [2.24, 2.45) is 11.3 Å². The predicted octanol–water partition coefficient (Wildman–Crippen LogP) is 4.74. The first-order valence-corrected chi connectivity index (χ1v) is 8.11. The van der Waals surface area contributed by atoms with Crippen molar-refractivity contribution in [2.45, 2.75) is 44.9 Å². The van der Waals surface area contributed by atoms with Crippen LogP contribution in [0.5, 0.6) is 0 Å². The van der Waals surface area contributed by atoms with Crippen LogP contribution in [0.25, 0.3) is 0 Å². The molecule has 1 aromatic carbocycles. The molecule has 1 aromatic rings. The first-order valence-electron chi connectivity index (χ1n) is 6.99. The lowest BCUT2D eigenvalue weighted by Crippen LogP contribution is -2.37. The highest BCUT2D eigenvalue weighted by atomic mass is 79.9. The molecule has 2 nitrogen and oxygen atoms in total. The predicted molar refractivity (Wildman–Crippen MR) is 83.4 cm³/mol. The minimum Gasteiger partial charge on any atom is -0.326 e. The van der Waals surface area contributed by atoms with Crippen molar-refractivity contribution < 1.29 is 4.79 Å². The van der Waals surface area contributed by atoms with E-state index in [0.29, 0.717) is 0 Å². The number of rotatable bonds is 3. The van der Waals surface area contributed by atoms with Crippen LogP contribution in [0.15, 0.2) is 24.3 Å². The fourth-order valence-corrected chi connectivity index (χ4v) is 3.45. The summed E-state index contributed by atoms with van der Waals surface area (Å²) >= 11 is 3.47. The van der Waals surface area contributed by atoms with Gasteiger partial charge in [0.05, 0.1) is 0 Å². The van der Waals surface area contributed by atoms with Crippen molar-refractivity contribution in [3.63, 3.8) is 0 Å². The summed E-state index contributed by atoms with van der Waals surface area (Å²) in [5.41, 5.74) is 2.18. The first kappa shape index (κ1) is 14.6. The lowest BCUT2D eigenvalue weighted by molar-refractivity contribution is -0.124. The van der Waals surface area contributed by atoms with Gasteiger partial charge in [-0.1, -0.05) is 60.8 Å². The minimum atomic E-state index is 0.117. The summed E-state index contributed by atoms with van der Waals surface area (Å²) in [6, 6.07) is 7.98. The normalized spacial score (nSPS) is 21.9. The molecule has 0 heterocycles. The molecule has 1 unspecified atom stereocenters. The van der Waals surface area contributed by atoms with Gasteiger partial charge in [-0.25, -0.2) is 0 Å². The van der Waals surface area contributed by atoms with Crippen molar-refractivity contribution in [1.29, 1.82) is 0 Å². The van der Waals surface area contributed by atoms with Gasteiger partial charge >= 0.3 is 0 Å². The van der Waals surface area contributed by atoms with Crippen molar-refractivity contribution in [2.75, 3.05) is 5.32 Å². The number of carbonyl (C=O) groups excluding carboxylic acids is 1. The third-order valence-corrected chi connectivity index (χ3v) is 4.85. The Labute approximate surface area is 124 Å². The van der Waals surface area contributed by atoms with E-state index in [1.807, 2.05) is 24.3 Å². The second-order valence-corrected chi connectivity index (χ2v) is 6.63. The maximum Gasteiger partial charge on any atom is 0.228 e. The molecule has 104 valence electrons. The fourth-order valence-electron chi connectivity index (χ4n) is 2.96. The molecule has 2 rings (SSSR count). The van der Waals surface area contributed by atoms with Gasteiger partial charge < -0.3 is 5.32 Å². The molecular formula is C16H22BrNO. The molecule has 1 fully saturated rings. The number of halogens is 1. The number of nitrogens with one attached hydrogen (secondary N) is 1. The molecule has 19 heavy (non-hydrogen) atoms. The summed E-state index contributed by atoms with van der Waals surface area (Å²) in [5, 5.41) is 3.88. The van der Waals surface area contributed by atoms with Crippen molar-refractivity contribution in [1.82, 2.24) is 0 Å². The third kappa shape index (κ3) is 3.38. The van der Waals surface area contributed by atoms with Crippen LogP contribution < -0.4 is 5.32 Å². The van der Waals surface area contributed by atoms with E-state index in [2.05, 4.69) is 35.1 Å². The lowest BCUT2D eigenvalue weighted by Gasteiger charge is -2.37. The summed E-state index contributed by atoms with van der Waals surface area (Å²) in [4.78, 5) is 12.5. The van der Waals surface area contributed by atoms with Crippen LogP contribution in [0.4, 0.5) is 5.69 Å². The summed E-state index contributed by atoms with van der Waals surface area (Å²) in [5.74, 6) is 0.308. The van der Waals surface area contributed by atoms with E-state index in [-0.39, 0.29) is 17.2 Å². The van der Waals surface area contributed by atoms with E-state index in [0.717, 1.165) is 29.4 Å². The number of hydrogen-bond donors (Lipinski definition) is 1. The molecule has 3 heteroatoms. The van der Waals surface area contributed by atoms with E-state index in [4.69, 9.17) is 0 Å². The molecule has 0 bridgehead atoms. The molecular weight excluding hydrogens is 302 g/mol. The Kier molecular flexibility index (Phi) is 4.67. The van der Waals surface area contributed by atoms with Gasteiger partial charge in [-0.2, -0.15) is 0 Å². The highest BCUT2D eigenvalue weighted by molar-refractivity contribution is 9.08. The van der Waals surface area contributed by atoms with Crippen LogP contribution in [-0.4, -0.2) is 5.91 Å². The van der Waals surface area contributed by atoms with Crippen LogP contribution >= 0.6 is 15.9 Å². The molecule has 1 amide bonds. The van der Waals surface area contributed by atoms with Crippen LogP contribution in [0, 0.1) is 11.3 Å².